The molecule has 0 N–H and O–H groups in total. The van der Waals surface area contributed by atoms with Crippen molar-refractivity contribution in [1.82, 2.24) is 4.57 Å². The zero-order valence-electron chi connectivity index (χ0n) is 23.3. The van der Waals surface area contributed by atoms with Crippen molar-refractivity contribution in [3.05, 3.63) is 157 Å². The fourth-order valence-corrected chi connectivity index (χ4v) is 6.86. The molecule has 7 aromatic rings. The van der Waals surface area contributed by atoms with Crippen LogP contribution in [0.1, 0.15) is 25.0 Å². The summed E-state index contributed by atoms with van der Waals surface area (Å²) in [5, 5.41) is 2.53. The average Bonchev–Trinajstić information content (AvgIpc) is 3.47. The molecule has 0 saturated carbocycles. The molecule has 0 aliphatic heterocycles. The Morgan fingerprint density at radius 3 is 1.83 bits per heavy atom. The third-order valence-corrected chi connectivity index (χ3v) is 8.78. The molecule has 0 unspecified atom stereocenters. The SMILES string of the molecule is CC1(C)c2ccccc2-c2ccc(N(c3ccccc3)c3ccccc3-n3c4ccccc4c4ccccc43)cc21. The first kappa shape index (κ1) is 23.8. The third kappa shape index (κ3) is 3.50. The van der Waals surface area contributed by atoms with Crippen molar-refractivity contribution in [3.8, 4) is 16.8 Å². The van der Waals surface area contributed by atoms with Crippen LogP contribution in [0.15, 0.2) is 146 Å². The number of hydrogen-bond acceptors (Lipinski definition) is 1. The van der Waals surface area contributed by atoms with Gasteiger partial charge < -0.3 is 9.47 Å². The van der Waals surface area contributed by atoms with Crippen LogP contribution < -0.4 is 4.90 Å². The van der Waals surface area contributed by atoms with Crippen molar-refractivity contribution in [2.45, 2.75) is 19.3 Å². The number of fused-ring (bicyclic) bond motifs is 6. The summed E-state index contributed by atoms with van der Waals surface area (Å²) in [4.78, 5) is 2.41. The summed E-state index contributed by atoms with van der Waals surface area (Å²) < 4.78 is 2.42. The Balaban J connectivity index is 1.40. The lowest BCUT2D eigenvalue weighted by atomic mass is 9.82. The first-order chi connectivity index (χ1) is 20.1. The summed E-state index contributed by atoms with van der Waals surface area (Å²) in [5.74, 6) is 0. The number of rotatable bonds is 4. The van der Waals surface area contributed by atoms with Crippen molar-refractivity contribution in [2.24, 2.45) is 0 Å². The minimum absolute atomic E-state index is 0.0728. The van der Waals surface area contributed by atoms with Gasteiger partial charge >= 0.3 is 0 Å². The van der Waals surface area contributed by atoms with Gasteiger partial charge in [-0.25, -0.2) is 0 Å². The van der Waals surface area contributed by atoms with Crippen LogP contribution in [0.2, 0.25) is 0 Å². The molecule has 0 fully saturated rings. The van der Waals surface area contributed by atoms with Crippen molar-refractivity contribution >= 4 is 38.9 Å². The Morgan fingerprint density at radius 2 is 1.07 bits per heavy atom. The van der Waals surface area contributed by atoms with E-state index in [0.717, 1.165) is 22.7 Å². The molecular weight excluding hydrogens is 496 g/mol. The summed E-state index contributed by atoms with van der Waals surface area (Å²) in [5.41, 5.74) is 12.4. The summed E-state index contributed by atoms with van der Waals surface area (Å²) >= 11 is 0. The van der Waals surface area contributed by atoms with Crippen LogP contribution >= 0.6 is 0 Å². The maximum atomic E-state index is 2.42. The maximum absolute atomic E-state index is 2.42. The van der Waals surface area contributed by atoms with Gasteiger partial charge in [-0.1, -0.05) is 111 Å². The van der Waals surface area contributed by atoms with E-state index in [0.29, 0.717) is 0 Å². The Hall–Kier alpha value is -5.08. The van der Waals surface area contributed by atoms with Gasteiger partial charge in [-0.05, 0) is 70.8 Å². The molecule has 1 aliphatic carbocycles. The van der Waals surface area contributed by atoms with Crippen molar-refractivity contribution in [1.29, 1.82) is 0 Å². The molecule has 2 heteroatoms. The van der Waals surface area contributed by atoms with E-state index in [-0.39, 0.29) is 5.41 Å². The molecule has 0 radical (unpaired) electrons. The van der Waals surface area contributed by atoms with Crippen molar-refractivity contribution in [3.63, 3.8) is 0 Å². The minimum atomic E-state index is -0.0728. The second kappa shape index (κ2) is 8.97. The van der Waals surface area contributed by atoms with E-state index in [9.17, 15) is 0 Å². The highest BCUT2D eigenvalue weighted by Crippen LogP contribution is 2.51. The molecule has 196 valence electrons. The van der Waals surface area contributed by atoms with E-state index in [1.54, 1.807) is 0 Å². The van der Waals surface area contributed by atoms with Gasteiger partial charge in [0.2, 0.25) is 0 Å². The summed E-state index contributed by atoms with van der Waals surface area (Å²) in [6, 6.07) is 52.8. The van der Waals surface area contributed by atoms with Gasteiger partial charge in [0.1, 0.15) is 0 Å². The first-order valence-corrected chi connectivity index (χ1v) is 14.3. The van der Waals surface area contributed by atoms with Crippen LogP contribution in [0.5, 0.6) is 0 Å². The molecule has 1 heterocycles. The Morgan fingerprint density at radius 1 is 0.488 bits per heavy atom. The normalized spacial score (nSPS) is 13.3. The van der Waals surface area contributed by atoms with Crippen LogP contribution in [-0.2, 0) is 5.41 Å². The number of hydrogen-bond donors (Lipinski definition) is 0. The molecule has 8 rings (SSSR count). The predicted molar refractivity (Wildman–Crippen MR) is 173 cm³/mol. The highest BCUT2D eigenvalue weighted by atomic mass is 15.2. The van der Waals surface area contributed by atoms with Gasteiger partial charge in [-0.3, -0.25) is 0 Å². The predicted octanol–water partition coefficient (Wildman–Crippen LogP) is 10.6. The van der Waals surface area contributed by atoms with Gasteiger partial charge in [0, 0.05) is 27.6 Å². The monoisotopic (exact) mass is 526 g/mol. The molecule has 0 spiro atoms. The number of aromatic nitrogens is 1. The second-order valence-corrected chi connectivity index (χ2v) is 11.4. The van der Waals surface area contributed by atoms with Gasteiger partial charge in [-0.15, -0.1) is 0 Å². The van der Waals surface area contributed by atoms with Crippen molar-refractivity contribution in [2.75, 3.05) is 4.90 Å². The zero-order chi connectivity index (χ0) is 27.6. The molecular formula is C39H30N2. The maximum Gasteiger partial charge on any atom is 0.0702 e. The molecule has 0 bridgehead atoms. The number of nitrogens with zero attached hydrogens (tertiary/aromatic N) is 2. The smallest absolute Gasteiger partial charge is 0.0702 e. The van der Waals surface area contributed by atoms with Crippen molar-refractivity contribution < 1.29 is 0 Å². The van der Waals surface area contributed by atoms with E-state index < -0.39 is 0 Å². The van der Waals surface area contributed by atoms with Crippen LogP contribution in [0, 0.1) is 0 Å². The highest BCUT2D eigenvalue weighted by Gasteiger charge is 2.35. The average molecular weight is 527 g/mol. The van der Waals surface area contributed by atoms with E-state index in [1.165, 1.54) is 44.1 Å². The molecule has 0 saturated heterocycles. The summed E-state index contributed by atoms with van der Waals surface area (Å²) in [6.45, 7) is 4.70. The molecule has 41 heavy (non-hydrogen) atoms. The highest BCUT2D eigenvalue weighted by molar-refractivity contribution is 6.09. The molecule has 0 atom stereocenters. The van der Waals surface area contributed by atoms with E-state index >= 15 is 0 Å². The zero-order valence-corrected chi connectivity index (χ0v) is 23.3. The molecule has 1 aliphatic rings. The molecule has 0 amide bonds. The van der Waals surface area contributed by atoms with Crippen LogP contribution in [0.25, 0.3) is 38.6 Å². The number of anilines is 3. The summed E-state index contributed by atoms with van der Waals surface area (Å²) in [7, 11) is 0. The largest absolute Gasteiger partial charge is 0.308 e. The number of benzene rings is 6. The number of para-hydroxylation sites is 5. The van der Waals surface area contributed by atoms with Crippen LogP contribution in [0.3, 0.4) is 0 Å². The van der Waals surface area contributed by atoms with E-state index in [2.05, 4.69) is 169 Å². The van der Waals surface area contributed by atoms with Crippen LogP contribution in [0.4, 0.5) is 17.1 Å². The Kier molecular flexibility index (Phi) is 5.20. The fraction of sp³-hybridized carbons (Fsp3) is 0.0769. The minimum Gasteiger partial charge on any atom is -0.308 e. The quantitative estimate of drug-likeness (QED) is 0.221. The third-order valence-electron chi connectivity index (χ3n) is 8.78. The molecule has 6 aromatic carbocycles. The fourth-order valence-electron chi connectivity index (χ4n) is 6.86. The molecule has 2 nitrogen and oxygen atoms in total. The molecule has 1 aromatic heterocycles. The lowest BCUT2D eigenvalue weighted by Gasteiger charge is -2.30. The topological polar surface area (TPSA) is 8.17 Å². The van der Waals surface area contributed by atoms with Gasteiger partial charge in [-0.2, -0.15) is 0 Å². The lowest BCUT2D eigenvalue weighted by molar-refractivity contribution is 0.660. The van der Waals surface area contributed by atoms with E-state index in [4.69, 9.17) is 0 Å². The second-order valence-electron chi connectivity index (χ2n) is 11.4. The van der Waals surface area contributed by atoms with Crippen LogP contribution in [-0.4, -0.2) is 4.57 Å². The Labute approximate surface area is 240 Å². The van der Waals surface area contributed by atoms with Gasteiger partial charge in [0.15, 0.2) is 0 Å². The Bertz CT molecular complexity index is 2030. The standard InChI is InChI=1S/C39H30N2/c1-39(2)33-19-9-6-16-29(33)30-25-24-28(26-34(30)39)40(27-14-4-3-5-15-27)37-22-12-13-23-38(37)41-35-20-10-7-17-31(35)32-18-8-11-21-36(32)41/h3-26H,1-2H3. The first-order valence-electron chi connectivity index (χ1n) is 14.3. The van der Waals surface area contributed by atoms with Gasteiger partial charge in [0.25, 0.3) is 0 Å². The van der Waals surface area contributed by atoms with E-state index in [1.807, 2.05) is 0 Å². The van der Waals surface area contributed by atoms with Gasteiger partial charge in [0.05, 0.1) is 22.4 Å². The lowest BCUT2D eigenvalue weighted by Crippen LogP contribution is -2.17. The summed E-state index contributed by atoms with van der Waals surface area (Å²) in [6.07, 6.45) is 0.